The lowest BCUT2D eigenvalue weighted by molar-refractivity contribution is -0.141. The lowest BCUT2D eigenvalue weighted by Crippen LogP contribution is -2.39. The number of hydrogen-bond donors (Lipinski definition) is 2. The van der Waals surface area contributed by atoms with Gasteiger partial charge in [-0.15, -0.1) is 0 Å². The van der Waals surface area contributed by atoms with Crippen LogP contribution in [0.2, 0.25) is 0 Å². The van der Waals surface area contributed by atoms with E-state index in [1.807, 2.05) is 24.3 Å². The number of halogens is 4. The first kappa shape index (κ1) is 28.5. The van der Waals surface area contributed by atoms with E-state index in [0.717, 1.165) is 17.8 Å². The maximum atomic E-state index is 13.6. The van der Waals surface area contributed by atoms with Gasteiger partial charge in [0.2, 0.25) is 0 Å². The average molecular weight is 631 g/mol. The first-order valence-electron chi connectivity index (χ1n) is 13.0. The van der Waals surface area contributed by atoms with Crippen molar-refractivity contribution in [2.75, 3.05) is 7.05 Å². The number of nitrogens with one attached hydrogen (secondary N) is 2. The van der Waals surface area contributed by atoms with Gasteiger partial charge in [0.15, 0.2) is 5.69 Å². The van der Waals surface area contributed by atoms with E-state index < -0.39 is 23.3 Å². The van der Waals surface area contributed by atoms with Crippen molar-refractivity contribution in [3.05, 3.63) is 86.8 Å². The molecule has 1 aromatic carbocycles. The van der Waals surface area contributed by atoms with Crippen molar-refractivity contribution in [2.45, 2.75) is 44.4 Å². The second kappa shape index (κ2) is 11.5. The third-order valence-electron chi connectivity index (χ3n) is 7.29. The van der Waals surface area contributed by atoms with Crippen molar-refractivity contribution in [1.29, 1.82) is 0 Å². The molecule has 0 atom stereocenters. The number of aromatic nitrogens is 4. The van der Waals surface area contributed by atoms with Crippen LogP contribution in [0.1, 0.15) is 52.2 Å². The summed E-state index contributed by atoms with van der Waals surface area (Å²) < 4.78 is 43.7. The molecule has 3 aromatic heterocycles. The number of carbonyl (C=O) groups is 2. The Bertz CT molecular complexity index is 1660. The van der Waals surface area contributed by atoms with Crippen LogP contribution in [0.4, 0.5) is 13.2 Å². The first-order chi connectivity index (χ1) is 19.6. The van der Waals surface area contributed by atoms with Crippen LogP contribution in [-0.2, 0) is 12.7 Å². The van der Waals surface area contributed by atoms with Gasteiger partial charge in [-0.05, 0) is 77.9 Å². The zero-order valence-electron chi connectivity index (χ0n) is 21.9. The van der Waals surface area contributed by atoms with Gasteiger partial charge in [0.1, 0.15) is 5.69 Å². The smallest absolute Gasteiger partial charge is 0.354 e. The molecule has 0 unspecified atom stereocenters. The summed E-state index contributed by atoms with van der Waals surface area (Å²) in [5.74, 6) is -1.01. The van der Waals surface area contributed by atoms with E-state index in [-0.39, 0.29) is 33.7 Å². The number of benzene rings is 1. The number of rotatable bonds is 6. The molecule has 0 bridgehead atoms. The van der Waals surface area contributed by atoms with Crippen LogP contribution in [0.25, 0.3) is 16.7 Å². The summed E-state index contributed by atoms with van der Waals surface area (Å²) in [6.45, 7) is 0.449. The number of alkyl halides is 3. The van der Waals surface area contributed by atoms with E-state index in [0.29, 0.717) is 43.4 Å². The standard InChI is InChI=1S/C28H26BrF3N6O3/c1-33-26(40)21-11-10-19(14-34-21)38-23-5-3-2-4-22(23)37(27(38)41)15-16-6-8-18(9-7-16)36-25(39)20-12-17(29)13-35-24(20)28(30,31)32/h2-5,10-14,16,18H,6-9,15H2,1H3,(H,33,40)(H,36,39). The highest BCUT2D eigenvalue weighted by atomic mass is 79.9. The molecule has 0 spiro atoms. The van der Waals surface area contributed by atoms with Gasteiger partial charge in [0, 0.05) is 30.3 Å². The third-order valence-corrected chi connectivity index (χ3v) is 7.73. The molecule has 1 saturated carbocycles. The SMILES string of the molecule is CNC(=O)c1ccc(-n2c(=O)n(CC3CCC(NC(=O)c4cc(Br)cnc4C(F)(F)F)CC3)c3ccccc32)cn1. The molecule has 9 nitrogen and oxygen atoms in total. The number of carbonyl (C=O) groups excluding carboxylic acids is 2. The highest BCUT2D eigenvalue weighted by Gasteiger charge is 2.38. The van der Waals surface area contributed by atoms with Crippen LogP contribution >= 0.6 is 15.9 Å². The lowest BCUT2D eigenvalue weighted by atomic mass is 9.85. The highest BCUT2D eigenvalue weighted by Crippen LogP contribution is 2.32. The Morgan fingerprint density at radius 1 is 1.00 bits per heavy atom. The highest BCUT2D eigenvalue weighted by molar-refractivity contribution is 9.10. The van der Waals surface area contributed by atoms with E-state index in [1.54, 1.807) is 21.3 Å². The van der Waals surface area contributed by atoms with Crippen molar-refractivity contribution in [3.63, 3.8) is 0 Å². The van der Waals surface area contributed by atoms with Crippen LogP contribution in [0.3, 0.4) is 0 Å². The van der Waals surface area contributed by atoms with Crippen molar-refractivity contribution in [2.24, 2.45) is 5.92 Å². The summed E-state index contributed by atoms with van der Waals surface area (Å²) >= 11 is 3.09. The Labute approximate surface area is 240 Å². The van der Waals surface area contributed by atoms with Gasteiger partial charge in [0.05, 0.1) is 28.5 Å². The normalized spacial score (nSPS) is 17.4. The van der Waals surface area contributed by atoms with Crippen LogP contribution in [-0.4, -0.2) is 44.0 Å². The molecule has 4 aromatic rings. The molecule has 3 heterocycles. The molecule has 1 aliphatic carbocycles. The number of imidazole rings is 1. The average Bonchev–Trinajstić information content (AvgIpc) is 3.23. The maximum Gasteiger partial charge on any atom is 0.434 e. The molecule has 214 valence electrons. The summed E-state index contributed by atoms with van der Waals surface area (Å²) in [4.78, 5) is 45.8. The summed E-state index contributed by atoms with van der Waals surface area (Å²) in [5, 5.41) is 5.25. The maximum absolute atomic E-state index is 13.6. The number of hydrogen-bond acceptors (Lipinski definition) is 5. The van der Waals surface area contributed by atoms with Crippen LogP contribution < -0.4 is 16.3 Å². The van der Waals surface area contributed by atoms with E-state index >= 15 is 0 Å². The van der Waals surface area contributed by atoms with Gasteiger partial charge in [-0.1, -0.05) is 12.1 Å². The molecular formula is C28H26BrF3N6O3. The number of nitrogens with zero attached hydrogens (tertiary/aromatic N) is 4. The predicted molar refractivity (Wildman–Crippen MR) is 149 cm³/mol. The lowest BCUT2D eigenvalue weighted by Gasteiger charge is -2.29. The Balaban J connectivity index is 1.30. The zero-order valence-corrected chi connectivity index (χ0v) is 23.5. The Hall–Kier alpha value is -4.00. The van der Waals surface area contributed by atoms with Gasteiger partial charge in [-0.3, -0.25) is 18.7 Å². The van der Waals surface area contributed by atoms with Gasteiger partial charge in [-0.25, -0.2) is 14.8 Å². The third kappa shape index (κ3) is 5.90. The molecule has 5 rings (SSSR count). The molecule has 2 amide bonds. The Morgan fingerprint density at radius 3 is 2.34 bits per heavy atom. The monoisotopic (exact) mass is 630 g/mol. The van der Waals surface area contributed by atoms with Gasteiger partial charge < -0.3 is 10.6 Å². The largest absolute Gasteiger partial charge is 0.434 e. The fraction of sp³-hybridized carbons (Fsp3) is 0.321. The van der Waals surface area contributed by atoms with E-state index in [4.69, 9.17) is 0 Å². The minimum Gasteiger partial charge on any atom is -0.354 e. The Kier molecular flexibility index (Phi) is 7.98. The van der Waals surface area contributed by atoms with Crippen molar-refractivity contribution >= 4 is 38.8 Å². The molecule has 1 fully saturated rings. The molecule has 2 N–H and O–H groups in total. The predicted octanol–water partition coefficient (Wildman–Crippen LogP) is 4.71. The minimum atomic E-state index is -4.75. The van der Waals surface area contributed by atoms with Gasteiger partial charge in [-0.2, -0.15) is 13.2 Å². The van der Waals surface area contributed by atoms with Crippen LogP contribution in [0.15, 0.2) is 64.1 Å². The first-order valence-corrected chi connectivity index (χ1v) is 13.8. The van der Waals surface area contributed by atoms with Crippen LogP contribution in [0.5, 0.6) is 0 Å². The molecular weight excluding hydrogens is 605 g/mol. The number of para-hydroxylation sites is 2. The van der Waals surface area contributed by atoms with Crippen molar-refractivity contribution in [3.8, 4) is 5.69 Å². The quantitative estimate of drug-likeness (QED) is 0.321. The molecule has 41 heavy (non-hydrogen) atoms. The summed E-state index contributed by atoms with van der Waals surface area (Å²) in [7, 11) is 1.51. The molecule has 0 radical (unpaired) electrons. The van der Waals surface area contributed by atoms with E-state index in [2.05, 4.69) is 36.5 Å². The summed E-state index contributed by atoms with van der Waals surface area (Å²) in [6.07, 6.45) is 0.251. The van der Waals surface area contributed by atoms with E-state index in [9.17, 15) is 27.6 Å². The minimum absolute atomic E-state index is 0.132. The summed E-state index contributed by atoms with van der Waals surface area (Å²) in [6, 6.07) is 11.5. The second-order valence-electron chi connectivity index (χ2n) is 9.94. The zero-order chi connectivity index (χ0) is 29.3. The topological polar surface area (TPSA) is 111 Å². The molecule has 13 heteroatoms. The summed E-state index contributed by atoms with van der Waals surface area (Å²) in [5.41, 5.74) is 0.249. The number of fused-ring (bicyclic) bond motifs is 1. The fourth-order valence-electron chi connectivity index (χ4n) is 5.26. The fourth-order valence-corrected chi connectivity index (χ4v) is 5.60. The molecule has 0 saturated heterocycles. The van der Waals surface area contributed by atoms with Gasteiger partial charge in [0.25, 0.3) is 11.8 Å². The van der Waals surface area contributed by atoms with Gasteiger partial charge >= 0.3 is 11.9 Å². The van der Waals surface area contributed by atoms with E-state index in [1.165, 1.54) is 13.2 Å². The molecule has 0 aliphatic heterocycles. The molecule has 1 aliphatic rings. The van der Waals surface area contributed by atoms with Crippen molar-refractivity contribution < 1.29 is 22.8 Å². The Morgan fingerprint density at radius 2 is 1.71 bits per heavy atom. The van der Waals surface area contributed by atoms with Crippen molar-refractivity contribution in [1.82, 2.24) is 29.7 Å². The second-order valence-corrected chi connectivity index (χ2v) is 10.9. The number of pyridine rings is 2. The van der Waals surface area contributed by atoms with Crippen LogP contribution in [0, 0.1) is 5.92 Å². The number of amides is 2.